The van der Waals surface area contributed by atoms with Crippen molar-refractivity contribution in [2.75, 3.05) is 6.54 Å². The van der Waals surface area contributed by atoms with Crippen LogP contribution in [0.1, 0.15) is 38.2 Å². The first kappa shape index (κ1) is 15.8. The summed E-state index contributed by atoms with van der Waals surface area (Å²) in [5.74, 6) is 0. The van der Waals surface area contributed by atoms with Gasteiger partial charge in [0.1, 0.15) is 0 Å². The van der Waals surface area contributed by atoms with Gasteiger partial charge in [0, 0.05) is 12.6 Å². The molecule has 1 aromatic carbocycles. The second-order valence-electron chi connectivity index (χ2n) is 5.47. The smallest absolute Gasteiger partial charge is 0.321 e. The van der Waals surface area contributed by atoms with Gasteiger partial charge in [-0.2, -0.15) is 0 Å². The van der Waals surface area contributed by atoms with E-state index in [0.29, 0.717) is 6.54 Å². The number of urea groups is 1. The first-order valence-electron chi connectivity index (χ1n) is 7.34. The molecule has 1 heterocycles. The lowest BCUT2D eigenvalue weighted by atomic mass is 10.0. The number of hydrogen-bond acceptors (Lipinski definition) is 3. The summed E-state index contributed by atoms with van der Waals surface area (Å²) in [6, 6.07) is 6.08. The molecule has 0 aromatic heterocycles. The van der Waals surface area contributed by atoms with Gasteiger partial charge in [-0.25, -0.2) is 17.9 Å². The maximum atomic E-state index is 12.3. The summed E-state index contributed by atoms with van der Waals surface area (Å²) in [7, 11) is -3.80. The van der Waals surface area contributed by atoms with E-state index in [1.165, 1.54) is 12.1 Å². The summed E-state index contributed by atoms with van der Waals surface area (Å²) < 4.78 is 26.7. The van der Waals surface area contributed by atoms with Crippen molar-refractivity contribution < 1.29 is 13.2 Å². The first-order chi connectivity index (χ1) is 9.94. The molecule has 6 heteroatoms. The molecule has 0 aliphatic carbocycles. The van der Waals surface area contributed by atoms with Crippen molar-refractivity contribution in [2.24, 2.45) is 0 Å². The molecule has 1 N–H and O–H groups in total. The zero-order chi connectivity index (χ0) is 15.5. The predicted molar refractivity (Wildman–Crippen MR) is 81.5 cm³/mol. The molecule has 1 aliphatic rings. The van der Waals surface area contributed by atoms with Crippen LogP contribution in [0.4, 0.5) is 4.79 Å². The minimum absolute atomic E-state index is 0.117. The fraction of sp³-hybridized carbons (Fsp3) is 0.533. The summed E-state index contributed by atoms with van der Waals surface area (Å²) >= 11 is 0. The Labute approximate surface area is 126 Å². The van der Waals surface area contributed by atoms with Crippen molar-refractivity contribution in [2.45, 2.75) is 50.5 Å². The lowest BCUT2D eigenvalue weighted by Gasteiger charge is -2.34. The molecule has 1 saturated heterocycles. The van der Waals surface area contributed by atoms with E-state index in [0.717, 1.165) is 31.2 Å². The van der Waals surface area contributed by atoms with E-state index >= 15 is 0 Å². The van der Waals surface area contributed by atoms with Gasteiger partial charge in [0.2, 0.25) is 0 Å². The fourth-order valence-corrected chi connectivity index (χ4v) is 3.60. The van der Waals surface area contributed by atoms with E-state index in [4.69, 9.17) is 0 Å². The number of carbonyl (C=O) groups is 1. The lowest BCUT2D eigenvalue weighted by Crippen LogP contribution is -2.49. The fourth-order valence-electron chi connectivity index (χ4n) is 2.64. The number of likely N-dealkylation sites (tertiary alicyclic amines) is 1. The Kier molecular flexibility index (Phi) is 4.88. The minimum atomic E-state index is -3.80. The lowest BCUT2D eigenvalue weighted by molar-refractivity contribution is 0.154. The summed E-state index contributed by atoms with van der Waals surface area (Å²) in [5, 5.41) is 0. The van der Waals surface area contributed by atoms with E-state index in [9.17, 15) is 13.2 Å². The molecule has 1 atom stereocenters. The van der Waals surface area contributed by atoms with Crippen molar-refractivity contribution in [3.05, 3.63) is 29.8 Å². The molecule has 1 aromatic rings. The van der Waals surface area contributed by atoms with Gasteiger partial charge in [0.05, 0.1) is 4.90 Å². The van der Waals surface area contributed by atoms with E-state index in [2.05, 4.69) is 4.72 Å². The van der Waals surface area contributed by atoms with Crippen LogP contribution in [0.2, 0.25) is 0 Å². The van der Waals surface area contributed by atoms with Crippen molar-refractivity contribution in [1.82, 2.24) is 9.62 Å². The number of aryl methyl sites for hydroxylation is 1. The highest BCUT2D eigenvalue weighted by molar-refractivity contribution is 7.90. The Bertz CT molecular complexity index is 596. The molecule has 116 valence electrons. The van der Waals surface area contributed by atoms with Crippen LogP contribution in [0.15, 0.2) is 29.2 Å². The summed E-state index contributed by atoms with van der Waals surface area (Å²) in [4.78, 5) is 14.0. The molecular weight excluding hydrogens is 288 g/mol. The number of amides is 2. The van der Waals surface area contributed by atoms with Crippen LogP contribution in [0.5, 0.6) is 0 Å². The topological polar surface area (TPSA) is 66.5 Å². The van der Waals surface area contributed by atoms with Gasteiger partial charge in [-0.1, -0.05) is 24.6 Å². The average molecular weight is 310 g/mol. The molecule has 2 rings (SSSR count). The van der Waals surface area contributed by atoms with Crippen LogP contribution in [-0.4, -0.2) is 31.9 Å². The van der Waals surface area contributed by atoms with Gasteiger partial charge < -0.3 is 4.90 Å². The van der Waals surface area contributed by atoms with Crippen LogP contribution < -0.4 is 4.72 Å². The van der Waals surface area contributed by atoms with Crippen molar-refractivity contribution >= 4 is 16.1 Å². The predicted octanol–water partition coefficient (Wildman–Crippen LogP) is 2.66. The molecule has 5 nitrogen and oxygen atoms in total. The van der Waals surface area contributed by atoms with Gasteiger partial charge in [-0.3, -0.25) is 0 Å². The molecule has 0 spiro atoms. The minimum Gasteiger partial charge on any atom is -0.321 e. The first-order valence-corrected chi connectivity index (χ1v) is 8.82. The van der Waals surface area contributed by atoms with Crippen LogP contribution in [-0.2, 0) is 10.0 Å². The zero-order valence-corrected chi connectivity index (χ0v) is 13.3. The molecule has 2 amide bonds. The van der Waals surface area contributed by atoms with Gasteiger partial charge in [-0.15, -0.1) is 0 Å². The third-order valence-corrected chi connectivity index (χ3v) is 5.25. The number of piperidine rings is 1. The summed E-state index contributed by atoms with van der Waals surface area (Å²) in [5.41, 5.74) is 0.974. The van der Waals surface area contributed by atoms with Crippen molar-refractivity contribution in [3.63, 3.8) is 0 Å². The van der Waals surface area contributed by atoms with E-state index in [-0.39, 0.29) is 10.9 Å². The standard InChI is InChI=1S/C15H22N2O3S/c1-3-13-6-4-5-11-17(13)15(18)16-21(19,20)14-9-7-12(2)8-10-14/h7-10,13H,3-6,11H2,1-2H3,(H,16,18)/t13-/m1/s1. The molecule has 0 unspecified atom stereocenters. The maximum absolute atomic E-state index is 12.3. The average Bonchev–Trinajstić information content (AvgIpc) is 2.47. The molecule has 0 radical (unpaired) electrons. The molecule has 21 heavy (non-hydrogen) atoms. The Hall–Kier alpha value is -1.56. The third kappa shape index (κ3) is 3.75. The largest absolute Gasteiger partial charge is 0.331 e. The Morgan fingerprint density at radius 1 is 1.29 bits per heavy atom. The van der Waals surface area contributed by atoms with Crippen LogP contribution >= 0.6 is 0 Å². The second-order valence-corrected chi connectivity index (χ2v) is 7.16. The van der Waals surface area contributed by atoms with Crippen LogP contribution in [0, 0.1) is 6.92 Å². The normalized spacial score (nSPS) is 19.3. The summed E-state index contributed by atoms with van der Waals surface area (Å²) in [6.45, 7) is 4.52. The molecule has 0 saturated carbocycles. The summed E-state index contributed by atoms with van der Waals surface area (Å²) in [6.07, 6.45) is 3.80. The third-order valence-electron chi connectivity index (χ3n) is 3.91. The highest BCUT2D eigenvalue weighted by atomic mass is 32.2. The number of nitrogens with one attached hydrogen (secondary N) is 1. The van der Waals surface area contributed by atoms with Gasteiger partial charge >= 0.3 is 6.03 Å². The monoisotopic (exact) mass is 310 g/mol. The zero-order valence-electron chi connectivity index (χ0n) is 12.5. The Morgan fingerprint density at radius 3 is 2.57 bits per heavy atom. The molecule has 1 aliphatic heterocycles. The number of sulfonamides is 1. The van der Waals surface area contributed by atoms with E-state index in [1.54, 1.807) is 17.0 Å². The maximum Gasteiger partial charge on any atom is 0.331 e. The van der Waals surface area contributed by atoms with Gasteiger partial charge in [0.15, 0.2) is 0 Å². The van der Waals surface area contributed by atoms with E-state index in [1.807, 2.05) is 13.8 Å². The number of rotatable bonds is 3. The molecule has 1 fully saturated rings. The van der Waals surface area contributed by atoms with Crippen molar-refractivity contribution in [1.29, 1.82) is 0 Å². The highest BCUT2D eigenvalue weighted by Gasteiger charge is 2.28. The Morgan fingerprint density at radius 2 is 1.95 bits per heavy atom. The van der Waals surface area contributed by atoms with Crippen LogP contribution in [0.3, 0.4) is 0 Å². The number of benzene rings is 1. The van der Waals surface area contributed by atoms with Gasteiger partial charge in [0.25, 0.3) is 10.0 Å². The Balaban J connectivity index is 2.12. The number of carbonyl (C=O) groups excluding carboxylic acids is 1. The van der Waals surface area contributed by atoms with Crippen molar-refractivity contribution in [3.8, 4) is 0 Å². The molecule has 0 bridgehead atoms. The van der Waals surface area contributed by atoms with Gasteiger partial charge in [-0.05, 0) is 44.7 Å². The SMILES string of the molecule is CC[C@@H]1CCCCN1C(=O)NS(=O)(=O)c1ccc(C)cc1. The highest BCUT2D eigenvalue weighted by Crippen LogP contribution is 2.20. The quantitative estimate of drug-likeness (QED) is 0.933. The number of hydrogen-bond donors (Lipinski definition) is 1. The van der Waals surface area contributed by atoms with Crippen LogP contribution in [0.25, 0.3) is 0 Å². The number of nitrogens with zero attached hydrogens (tertiary/aromatic N) is 1. The molecular formula is C15H22N2O3S. The second kappa shape index (κ2) is 6.47. The van der Waals surface area contributed by atoms with E-state index < -0.39 is 16.1 Å².